The molecule has 1 aliphatic heterocycles. The number of hydrogen-bond acceptors (Lipinski definition) is 2. The van der Waals surface area contributed by atoms with Crippen LogP contribution in [0.15, 0.2) is 4.99 Å². The van der Waals surface area contributed by atoms with Gasteiger partial charge in [-0.3, -0.25) is 5.41 Å². The van der Waals surface area contributed by atoms with Crippen LogP contribution in [0.3, 0.4) is 0 Å². The van der Waals surface area contributed by atoms with E-state index in [0.29, 0.717) is 11.8 Å². The number of nitrogens with one attached hydrogen (secondary N) is 1. The maximum absolute atomic E-state index is 6.69. The molecule has 11 heavy (non-hydrogen) atoms. The molecule has 0 aliphatic carbocycles. The van der Waals surface area contributed by atoms with Gasteiger partial charge in [0.1, 0.15) is 12.2 Å². The van der Waals surface area contributed by atoms with Gasteiger partial charge >= 0.3 is 0 Å². The van der Waals surface area contributed by atoms with Crippen LogP contribution in [0.25, 0.3) is 0 Å². The van der Waals surface area contributed by atoms with Crippen molar-refractivity contribution < 1.29 is 0 Å². The molecule has 4 nitrogen and oxygen atoms in total. The third-order valence-corrected chi connectivity index (χ3v) is 1.87. The normalized spacial score (nSPS) is 21.4. The highest BCUT2D eigenvalue weighted by Gasteiger charge is 2.23. The monoisotopic (exact) mass is 154 g/mol. The van der Waals surface area contributed by atoms with Crippen molar-refractivity contribution in [3.8, 4) is 0 Å². The first-order chi connectivity index (χ1) is 5.22. The predicted octanol–water partition coefficient (Wildman–Crippen LogP) is -0.0976. The summed E-state index contributed by atoms with van der Waals surface area (Å²) >= 11 is 0. The summed E-state index contributed by atoms with van der Waals surface area (Å²) in [5, 5.41) is 6.69. The van der Waals surface area contributed by atoms with E-state index in [-0.39, 0.29) is 0 Å². The number of hydrogen-bond donors (Lipinski definition) is 2. The van der Waals surface area contributed by atoms with Gasteiger partial charge in [-0.25, -0.2) is 4.99 Å². The lowest BCUT2D eigenvalue weighted by atomic mass is 9.97. The number of likely N-dealkylation sites (tertiary alicyclic amines) is 1. The minimum Gasteiger partial charge on any atom is -0.387 e. The summed E-state index contributed by atoms with van der Waals surface area (Å²) in [6, 6.07) is 0. The Kier molecular flexibility index (Phi) is 2.59. The van der Waals surface area contributed by atoms with Gasteiger partial charge in [-0.05, 0) is 13.0 Å². The Hall–Kier alpha value is -0.900. The lowest BCUT2D eigenvalue weighted by molar-refractivity contribution is 0.140. The number of aliphatic imine (C=N–C) groups is 1. The molecule has 0 spiro atoms. The number of amidine groups is 1. The summed E-state index contributed by atoms with van der Waals surface area (Å²) < 4.78 is 0. The summed E-state index contributed by atoms with van der Waals surface area (Å²) in [5.41, 5.74) is 5.52. The van der Waals surface area contributed by atoms with Crippen LogP contribution in [-0.4, -0.2) is 37.2 Å². The molecule has 0 atom stereocenters. The van der Waals surface area contributed by atoms with E-state index in [1.807, 2.05) is 0 Å². The maximum atomic E-state index is 6.69. The molecule has 0 unspecified atom stereocenters. The van der Waals surface area contributed by atoms with Gasteiger partial charge in [0.25, 0.3) is 0 Å². The quantitative estimate of drug-likeness (QED) is 0.440. The van der Waals surface area contributed by atoms with Crippen molar-refractivity contribution >= 4 is 12.2 Å². The first-order valence-corrected chi connectivity index (χ1v) is 3.72. The third kappa shape index (κ3) is 2.31. The Bertz CT molecular complexity index is 169. The second kappa shape index (κ2) is 3.48. The molecular formula is C7H14N4. The Morgan fingerprint density at radius 1 is 1.82 bits per heavy atom. The molecule has 1 heterocycles. The van der Waals surface area contributed by atoms with Gasteiger partial charge in [0.15, 0.2) is 0 Å². The molecule has 0 bridgehead atoms. The van der Waals surface area contributed by atoms with E-state index in [1.54, 1.807) is 0 Å². The van der Waals surface area contributed by atoms with Crippen LogP contribution in [-0.2, 0) is 0 Å². The summed E-state index contributed by atoms with van der Waals surface area (Å²) in [5.74, 6) is 1.24. The largest absolute Gasteiger partial charge is 0.387 e. The predicted molar refractivity (Wildman–Crippen MR) is 46.0 cm³/mol. The van der Waals surface area contributed by atoms with Crippen LogP contribution in [0.2, 0.25) is 0 Å². The second-order valence-corrected chi connectivity index (χ2v) is 3.04. The van der Waals surface area contributed by atoms with Crippen molar-refractivity contribution in [2.75, 3.05) is 20.1 Å². The molecule has 62 valence electrons. The first-order valence-electron chi connectivity index (χ1n) is 3.72. The van der Waals surface area contributed by atoms with Crippen LogP contribution in [0, 0.1) is 11.3 Å². The zero-order valence-electron chi connectivity index (χ0n) is 6.75. The number of rotatable bonds is 3. The molecule has 0 aromatic carbocycles. The average molecular weight is 154 g/mol. The molecular weight excluding hydrogens is 140 g/mol. The third-order valence-electron chi connectivity index (χ3n) is 1.87. The van der Waals surface area contributed by atoms with E-state index in [4.69, 9.17) is 11.1 Å². The Morgan fingerprint density at radius 2 is 2.45 bits per heavy atom. The Labute approximate surface area is 66.6 Å². The van der Waals surface area contributed by atoms with Gasteiger partial charge in [-0.15, -0.1) is 0 Å². The highest BCUT2D eigenvalue weighted by Crippen LogP contribution is 2.15. The van der Waals surface area contributed by atoms with Gasteiger partial charge in [-0.1, -0.05) is 0 Å². The molecule has 4 heteroatoms. The lowest BCUT2D eigenvalue weighted by Gasteiger charge is -2.35. The van der Waals surface area contributed by atoms with E-state index in [9.17, 15) is 0 Å². The zero-order chi connectivity index (χ0) is 8.27. The maximum Gasteiger partial charge on any atom is 0.109 e. The SMILES string of the molecule is CN1CC(CC(N)=NC=N)C1. The minimum atomic E-state index is 0.582. The molecule has 0 saturated carbocycles. The standard InChI is InChI=1S/C7H14N4/c1-11-3-6(4-11)2-7(9)10-5-8/h5-6H,2-4H2,1H3,(H3,8,9,10). The van der Waals surface area contributed by atoms with Crippen LogP contribution in [0.4, 0.5) is 0 Å². The van der Waals surface area contributed by atoms with Gasteiger partial charge < -0.3 is 10.6 Å². The van der Waals surface area contributed by atoms with Crippen molar-refractivity contribution in [2.24, 2.45) is 16.6 Å². The number of nitrogens with zero attached hydrogens (tertiary/aromatic N) is 2. The first kappa shape index (κ1) is 8.20. The van der Waals surface area contributed by atoms with Crippen LogP contribution < -0.4 is 5.73 Å². The molecule has 0 radical (unpaired) electrons. The minimum absolute atomic E-state index is 0.582. The summed E-state index contributed by atoms with van der Waals surface area (Å²) in [7, 11) is 2.08. The highest BCUT2D eigenvalue weighted by atomic mass is 15.2. The second-order valence-electron chi connectivity index (χ2n) is 3.04. The molecule has 1 rings (SSSR count). The van der Waals surface area contributed by atoms with Crippen LogP contribution in [0.1, 0.15) is 6.42 Å². The molecule has 0 aromatic heterocycles. The molecule has 0 aromatic rings. The van der Waals surface area contributed by atoms with Gasteiger partial charge in [0.2, 0.25) is 0 Å². The molecule has 3 N–H and O–H groups in total. The summed E-state index contributed by atoms with van der Waals surface area (Å²) in [6.45, 7) is 2.21. The topological polar surface area (TPSA) is 65.5 Å². The highest BCUT2D eigenvalue weighted by molar-refractivity contribution is 5.86. The van der Waals surface area contributed by atoms with Crippen LogP contribution in [0.5, 0.6) is 0 Å². The molecule has 1 saturated heterocycles. The van der Waals surface area contributed by atoms with E-state index in [1.165, 1.54) is 0 Å². The van der Waals surface area contributed by atoms with Gasteiger partial charge in [0, 0.05) is 19.5 Å². The Morgan fingerprint density at radius 3 is 2.91 bits per heavy atom. The summed E-state index contributed by atoms with van der Waals surface area (Å²) in [6.07, 6.45) is 1.83. The fraction of sp³-hybridized carbons (Fsp3) is 0.714. The van der Waals surface area contributed by atoms with Crippen molar-refractivity contribution in [3.63, 3.8) is 0 Å². The molecule has 1 fully saturated rings. The Balaban J connectivity index is 2.21. The smallest absolute Gasteiger partial charge is 0.109 e. The van der Waals surface area contributed by atoms with E-state index in [0.717, 1.165) is 25.8 Å². The molecule has 1 aliphatic rings. The van der Waals surface area contributed by atoms with Crippen molar-refractivity contribution in [1.29, 1.82) is 5.41 Å². The molecule has 0 amide bonds. The fourth-order valence-electron chi connectivity index (χ4n) is 1.39. The summed E-state index contributed by atoms with van der Waals surface area (Å²) in [4.78, 5) is 5.93. The van der Waals surface area contributed by atoms with Crippen molar-refractivity contribution in [2.45, 2.75) is 6.42 Å². The van der Waals surface area contributed by atoms with Crippen molar-refractivity contribution in [1.82, 2.24) is 4.90 Å². The average Bonchev–Trinajstić information content (AvgIpc) is 1.85. The van der Waals surface area contributed by atoms with E-state index >= 15 is 0 Å². The lowest BCUT2D eigenvalue weighted by Crippen LogP contribution is -2.45. The fourth-order valence-corrected chi connectivity index (χ4v) is 1.39. The van der Waals surface area contributed by atoms with E-state index in [2.05, 4.69) is 16.9 Å². The van der Waals surface area contributed by atoms with E-state index < -0.39 is 0 Å². The van der Waals surface area contributed by atoms with Gasteiger partial charge in [0.05, 0.1) is 0 Å². The van der Waals surface area contributed by atoms with Crippen LogP contribution >= 0.6 is 0 Å². The van der Waals surface area contributed by atoms with Gasteiger partial charge in [-0.2, -0.15) is 0 Å². The number of nitrogens with two attached hydrogens (primary N) is 1. The zero-order valence-corrected chi connectivity index (χ0v) is 6.75. The van der Waals surface area contributed by atoms with Crippen molar-refractivity contribution in [3.05, 3.63) is 0 Å².